The summed E-state index contributed by atoms with van der Waals surface area (Å²) in [6.07, 6.45) is 9.99. The molecule has 0 aliphatic heterocycles. The van der Waals surface area contributed by atoms with E-state index in [1.165, 1.54) is 51.5 Å². The fourth-order valence-electron chi connectivity index (χ4n) is 4.46. The Morgan fingerprint density at radius 1 is 1.11 bits per heavy atom. The minimum Gasteiger partial charge on any atom is -0.329 e. The molecular weight excluding hydrogens is 232 g/mol. The molecule has 3 aliphatic rings. The molecule has 3 N–H and O–H groups in total. The van der Waals surface area contributed by atoms with E-state index in [9.17, 15) is 0 Å². The van der Waals surface area contributed by atoms with Crippen molar-refractivity contribution < 1.29 is 0 Å². The summed E-state index contributed by atoms with van der Waals surface area (Å²) in [5.41, 5.74) is 6.43. The number of hydrogen-bond donors (Lipinski definition) is 2. The van der Waals surface area contributed by atoms with Crippen LogP contribution in [0.4, 0.5) is 0 Å². The van der Waals surface area contributed by atoms with Crippen LogP contribution in [0.2, 0.25) is 0 Å². The summed E-state index contributed by atoms with van der Waals surface area (Å²) in [5, 5.41) is 3.98. The molecule has 3 fully saturated rings. The largest absolute Gasteiger partial charge is 0.329 e. The highest BCUT2D eigenvalue weighted by Gasteiger charge is 2.44. The highest BCUT2D eigenvalue weighted by Crippen LogP contribution is 2.49. The van der Waals surface area contributed by atoms with Crippen LogP contribution >= 0.6 is 0 Å². The Kier molecular flexibility index (Phi) is 3.92. The molecule has 3 aliphatic carbocycles. The molecule has 19 heavy (non-hydrogen) atoms. The average Bonchev–Trinajstić information content (AvgIpc) is 3.27. The van der Waals surface area contributed by atoms with Gasteiger partial charge in [0.05, 0.1) is 0 Å². The van der Waals surface area contributed by atoms with Crippen LogP contribution in [-0.4, -0.2) is 18.6 Å². The van der Waals surface area contributed by atoms with E-state index in [0.29, 0.717) is 0 Å². The first-order chi connectivity index (χ1) is 9.16. The van der Waals surface area contributed by atoms with Gasteiger partial charge in [0, 0.05) is 12.1 Å². The molecule has 3 saturated carbocycles. The Bertz CT molecular complexity index is 296. The van der Waals surface area contributed by atoms with E-state index in [-0.39, 0.29) is 5.54 Å². The lowest BCUT2D eigenvalue weighted by atomic mass is 9.68. The van der Waals surface area contributed by atoms with Gasteiger partial charge in [0.15, 0.2) is 0 Å². The third-order valence-corrected chi connectivity index (χ3v) is 6.52. The zero-order valence-electron chi connectivity index (χ0n) is 12.8. The Hall–Kier alpha value is -0.0800. The number of hydrogen-bond acceptors (Lipinski definition) is 2. The molecule has 2 nitrogen and oxygen atoms in total. The van der Waals surface area contributed by atoms with Crippen molar-refractivity contribution in [3.63, 3.8) is 0 Å². The van der Waals surface area contributed by atoms with Gasteiger partial charge in [0.1, 0.15) is 0 Å². The van der Waals surface area contributed by atoms with Gasteiger partial charge in [0.25, 0.3) is 0 Å². The highest BCUT2D eigenvalue weighted by atomic mass is 15.0. The van der Waals surface area contributed by atoms with Crippen LogP contribution in [0.25, 0.3) is 0 Å². The fraction of sp³-hybridized carbons (Fsp3) is 1.00. The summed E-state index contributed by atoms with van der Waals surface area (Å²) < 4.78 is 0. The van der Waals surface area contributed by atoms with Gasteiger partial charge in [-0.2, -0.15) is 0 Å². The molecule has 3 rings (SSSR count). The van der Waals surface area contributed by atoms with Crippen molar-refractivity contribution in [3.05, 3.63) is 0 Å². The van der Waals surface area contributed by atoms with Crippen molar-refractivity contribution in [2.24, 2.45) is 35.3 Å². The fourth-order valence-corrected chi connectivity index (χ4v) is 4.46. The lowest BCUT2D eigenvalue weighted by Gasteiger charge is -2.47. The lowest BCUT2D eigenvalue weighted by Crippen LogP contribution is -2.60. The molecule has 0 aromatic carbocycles. The Balaban J connectivity index is 1.61. The molecule has 0 spiro atoms. The second-order valence-electron chi connectivity index (χ2n) is 7.74. The number of nitrogens with one attached hydrogen (secondary N) is 1. The van der Waals surface area contributed by atoms with Crippen LogP contribution in [0.3, 0.4) is 0 Å². The minimum absolute atomic E-state index is 0.236. The summed E-state index contributed by atoms with van der Waals surface area (Å²) in [4.78, 5) is 0. The van der Waals surface area contributed by atoms with Gasteiger partial charge in [-0.1, -0.05) is 26.7 Å². The van der Waals surface area contributed by atoms with Gasteiger partial charge in [-0.15, -0.1) is 0 Å². The Morgan fingerprint density at radius 3 is 2.26 bits per heavy atom. The van der Waals surface area contributed by atoms with Gasteiger partial charge in [-0.05, 0) is 68.2 Å². The molecule has 0 amide bonds. The molecule has 0 saturated heterocycles. The standard InChI is InChI=1S/C17H32N2/c1-12-4-3-9-17(11-18,13(12)2)19-10-16(14-5-6-14)15-7-8-15/h12-16,19H,3-11,18H2,1-2H3. The first-order valence-electron chi connectivity index (χ1n) is 8.61. The van der Waals surface area contributed by atoms with Gasteiger partial charge in [0.2, 0.25) is 0 Å². The second-order valence-corrected chi connectivity index (χ2v) is 7.74. The van der Waals surface area contributed by atoms with Crippen LogP contribution in [0.1, 0.15) is 58.8 Å². The average molecular weight is 264 g/mol. The van der Waals surface area contributed by atoms with Crippen LogP contribution in [-0.2, 0) is 0 Å². The van der Waals surface area contributed by atoms with E-state index >= 15 is 0 Å². The zero-order chi connectivity index (χ0) is 13.5. The van der Waals surface area contributed by atoms with Crippen molar-refractivity contribution in [2.75, 3.05) is 13.1 Å². The summed E-state index contributed by atoms with van der Waals surface area (Å²) in [6.45, 7) is 6.90. The first kappa shape index (κ1) is 13.9. The topological polar surface area (TPSA) is 38.0 Å². The second kappa shape index (κ2) is 5.37. The predicted molar refractivity (Wildman–Crippen MR) is 80.9 cm³/mol. The molecular formula is C17H32N2. The minimum atomic E-state index is 0.236. The van der Waals surface area contributed by atoms with E-state index in [0.717, 1.165) is 36.1 Å². The van der Waals surface area contributed by atoms with Crippen molar-refractivity contribution >= 4 is 0 Å². The molecule has 0 radical (unpaired) electrons. The van der Waals surface area contributed by atoms with Crippen molar-refractivity contribution in [3.8, 4) is 0 Å². The zero-order valence-corrected chi connectivity index (χ0v) is 12.8. The van der Waals surface area contributed by atoms with Crippen LogP contribution < -0.4 is 11.1 Å². The monoisotopic (exact) mass is 264 g/mol. The summed E-state index contributed by atoms with van der Waals surface area (Å²) >= 11 is 0. The first-order valence-corrected chi connectivity index (χ1v) is 8.61. The van der Waals surface area contributed by atoms with Gasteiger partial charge < -0.3 is 11.1 Å². The SMILES string of the molecule is CC1CCCC(CN)(NCC(C2CC2)C2CC2)C1C. The molecule has 0 aromatic heterocycles. The maximum atomic E-state index is 6.20. The normalized spacial score (nSPS) is 39.8. The number of nitrogens with two attached hydrogens (primary N) is 1. The lowest BCUT2D eigenvalue weighted by molar-refractivity contribution is 0.104. The summed E-state index contributed by atoms with van der Waals surface area (Å²) in [7, 11) is 0. The maximum Gasteiger partial charge on any atom is 0.0332 e. The van der Waals surface area contributed by atoms with Crippen molar-refractivity contribution in [1.82, 2.24) is 5.32 Å². The van der Waals surface area contributed by atoms with Crippen LogP contribution in [0.15, 0.2) is 0 Å². The van der Waals surface area contributed by atoms with Gasteiger partial charge >= 0.3 is 0 Å². The smallest absolute Gasteiger partial charge is 0.0332 e. The summed E-state index contributed by atoms with van der Waals surface area (Å²) in [5.74, 6) is 4.61. The maximum absolute atomic E-state index is 6.20. The predicted octanol–water partition coefficient (Wildman–Crippen LogP) is 3.17. The third kappa shape index (κ3) is 2.85. The molecule has 0 bridgehead atoms. The Morgan fingerprint density at radius 2 is 1.74 bits per heavy atom. The molecule has 2 heteroatoms. The summed E-state index contributed by atoms with van der Waals surface area (Å²) in [6, 6.07) is 0. The Labute approximate surface area is 118 Å². The number of rotatable bonds is 6. The van der Waals surface area contributed by atoms with E-state index in [4.69, 9.17) is 5.73 Å². The van der Waals surface area contributed by atoms with Crippen LogP contribution in [0.5, 0.6) is 0 Å². The quantitative estimate of drug-likeness (QED) is 0.773. The highest BCUT2D eigenvalue weighted by molar-refractivity contribution is 5.01. The van der Waals surface area contributed by atoms with E-state index < -0.39 is 0 Å². The van der Waals surface area contributed by atoms with Crippen molar-refractivity contribution in [1.29, 1.82) is 0 Å². The van der Waals surface area contributed by atoms with E-state index in [1.807, 2.05) is 0 Å². The molecule has 3 atom stereocenters. The molecule has 0 heterocycles. The third-order valence-electron chi connectivity index (χ3n) is 6.52. The van der Waals surface area contributed by atoms with Crippen molar-refractivity contribution in [2.45, 2.75) is 64.3 Å². The molecule has 0 aromatic rings. The van der Waals surface area contributed by atoms with Crippen LogP contribution in [0, 0.1) is 29.6 Å². The van der Waals surface area contributed by atoms with Gasteiger partial charge in [-0.25, -0.2) is 0 Å². The molecule has 110 valence electrons. The van der Waals surface area contributed by atoms with E-state index in [1.54, 1.807) is 0 Å². The van der Waals surface area contributed by atoms with E-state index in [2.05, 4.69) is 19.2 Å². The molecule has 3 unspecified atom stereocenters. The van der Waals surface area contributed by atoms with Gasteiger partial charge in [-0.3, -0.25) is 0 Å².